The second kappa shape index (κ2) is 19.7. The summed E-state index contributed by atoms with van der Waals surface area (Å²) in [6.07, 6.45) is 15.8. The highest BCUT2D eigenvalue weighted by molar-refractivity contribution is 5.69. The van der Waals surface area contributed by atoms with Crippen LogP contribution in [0.1, 0.15) is 117 Å². The summed E-state index contributed by atoms with van der Waals surface area (Å²) in [7, 11) is 0. The number of hydrogen-bond donors (Lipinski definition) is 0. The molecule has 4 heteroatoms. The van der Waals surface area contributed by atoms with Gasteiger partial charge in [-0.15, -0.1) is 0 Å². The topological polar surface area (TPSA) is 52.6 Å². The van der Waals surface area contributed by atoms with Gasteiger partial charge in [0, 0.05) is 12.8 Å². The van der Waals surface area contributed by atoms with Crippen molar-refractivity contribution in [3.8, 4) is 0 Å². The van der Waals surface area contributed by atoms with Crippen LogP contribution >= 0.6 is 0 Å². The number of rotatable bonds is 19. The van der Waals surface area contributed by atoms with Gasteiger partial charge in [-0.05, 0) is 25.2 Å². The number of esters is 2. The first-order valence-electron chi connectivity index (χ1n) is 11.4. The summed E-state index contributed by atoms with van der Waals surface area (Å²) in [4.78, 5) is 23.1. The highest BCUT2D eigenvalue weighted by Crippen LogP contribution is 2.16. The molecule has 0 saturated carbocycles. The standard InChI is InChI=1S/C23H44O4/c1-4-6-18-26-22(24)17-15-13-11-9-8-10-12-14-16-21(3)20-23(25)27-19-7-5-2/h21H,4-20H2,1-3H3. The number of hydrogen-bond acceptors (Lipinski definition) is 4. The van der Waals surface area contributed by atoms with E-state index < -0.39 is 0 Å². The van der Waals surface area contributed by atoms with Gasteiger partial charge in [-0.2, -0.15) is 0 Å². The van der Waals surface area contributed by atoms with E-state index in [2.05, 4.69) is 20.8 Å². The van der Waals surface area contributed by atoms with Gasteiger partial charge in [0.1, 0.15) is 0 Å². The third-order valence-electron chi connectivity index (χ3n) is 4.86. The molecular weight excluding hydrogens is 340 g/mol. The first-order valence-corrected chi connectivity index (χ1v) is 11.4. The Kier molecular flexibility index (Phi) is 18.9. The van der Waals surface area contributed by atoms with Gasteiger partial charge in [-0.25, -0.2) is 0 Å². The second-order valence-electron chi connectivity index (χ2n) is 7.82. The van der Waals surface area contributed by atoms with Crippen molar-refractivity contribution in [2.24, 2.45) is 5.92 Å². The highest BCUT2D eigenvalue weighted by Gasteiger charge is 2.09. The Hall–Kier alpha value is -1.06. The fourth-order valence-corrected chi connectivity index (χ4v) is 3.00. The molecule has 0 bridgehead atoms. The predicted molar refractivity (Wildman–Crippen MR) is 112 cm³/mol. The summed E-state index contributed by atoms with van der Waals surface area (Å²) in [6, 6.07) is 0. The summed E-state index contributed by atoms with van der Waals surface area (Å²) >= 11 is 0. The minimum atomic E-state index is -0.0369. The molecule has 0 radical (unpaired) electrons. The lowest BCUT2D eigenvalue weighted by molar-refractivity contribution is -0.145. The lowest BCUT2D eigenvalue weighted by Gasteiger charge is -2.11. The van der Waals surface area contributed by atoms with E-state index in [-0.39, 0.29) is 11.9 Å². The molecule has 4 nitrogen and oxygen atoms in total. The van der Waals surface area contributed by atoms with Crippen LogP contribution in [0.3, 0.4) is 0 Å². The molecule has 0 saturated heterocycles. The number of carbonyl (C=O) groups is 2. The molecule has 0 fully saturated rings. The summed E-state index contributed by atoms with van der Waals surface area (Å²) in [6.45, 7) is 7.49. The third kappa shape index (κ3) is 19.5. The van der Waals surface area contributed by atoms with Gasteiger partial charge in [0.05, 0.1) is 13.2 Å². The van der Waals surface area contributed by atoms with Crippen LogP contribution in [0, 0.1) is 5.92 Å². The van der Waals surface area contributed by atoms with E-state index in [4.69, 9.17) is 9.47 Å². The quantitative estimate of drug-likeness (QED) is 0.186. The number of unbranched alkanes of at least 4 members (excludes halogenated alkanes) is 9. The maximum Gasteiger partial charge on any atom is 0.306 e. The van der Waals surface area contributed by atoms with Crippen molar-refractivity contribution in [2.45, 2.75) is 117 Å². The predicted octanol–water partition coefficient (Wildman–Crippen LogP) is 6.60. The SMILES string of the molecule is CCCCOC(=O)CCCCCCCCCCC(C)CC(=O)OCCCC. The molecule has 0 amide bonds. The largest absolute Gasteiger partial charge is 0.466 e. The lowest BCUT2D eigenvalue weighted by atomic mass is 9.99. The molecule has 0 aromatic carbocycles. The van der Waals surface area contributed by atoms with Crippen LogP contribution in [0.25, 0.3) is 0 Å². The molecule has 0 aliphatic carbocycles. The average Bonchev–Trinajstić information content (AvgIpc) is 2.63. The van der Waals surface area contributed by atoms with E-state index >= 15 is 0 Å². The first-order chi connectivity index (χ1) is 13.1. The Morgan fingerprint density at radius 3 is 1.70 bits per heavy atom. The Morgan fingerprint density at radius 2 is 1.15 bits per heavy atom. The Labute approximate surface area is 167 Å². The average molecular weight is 385 g/mol. The minimum Gasteiger partial charge on any atom is -0.466 e. The van der Waals surface area contributed by atoms with E-state index in [1.165, 1.54) is 38.5 Å². The van der Waals surface area contributed by atoms with Crippen LogP contribution in [-0.2, 0) is 19.1 Å². The molecule has 27 heavy (non-hydrogen) atoms. The molecule has 0 aliphatic heterocycles. The van der Waals surface area contributed by atoms with Gasteiger partial charge in [0.25, 0.3) is 0 Å². The maximum absolute atomic E-state index is 11.6. The van der Waals surface area contributed by atoms with Crippen LogP contribution in [0.4, 0.5) is 0 Å². The van der Waals surface area contributed by atoms with Crippen molar-refractivity contribution in [1.82, 2.24) is 0 Å². The van der Waals surface area contributed by atoms with Crippen LogP contribution in [0.15, 0.2) is 0 Å². The summed E-state index contributed by atoms with van der Waals surface area (Å²) in [5.74, 6) is 0.355. The van der Waals surface area contributed by atoms with Crippen molar-refractivity contribution in [3.05, 3.63) is 0 Å². The zero-order valence-electron chi connectivity index (χ0n) is 18.2. The van der Waals surface area contributed by atoms with E-state index in [0.717, 1.165) is 44.9 Å². The lowest BCUT2D eigenvalue weighted by Crippen LogP contribution is -2.10. The van der Waals surface area contributed by atoms with Crippen molar-refractivity contribution in [1.29, 1.82) is 0 Å². The molecule has 0 aliphatic rings. The molecule has 0 aromatic rings. The molecular formula is C23H44O4. The van der Waals surface area contributed by atoms with Crippen LogP contribution in [0.5, 0.6) is 0 Å². The summed E-state index contributed by atoms with van der Waals surface area (Å²) in [5, 5.41) is 0. The van der Waals surface area contributed by atoms with Crippen LogP contribution < -0.4 is 0 Å². The molecule has 1 atom stereocenters. The van der Waals surface area contributed by atoms with Crippen molar-refractivity contribution in [2.75, 3.05) is 13.2 Å². The third-order valence-corrected chi connectivity index (χ3v) is 4.86. The number of carbonyl (C=O) groups excluding carboxylic acids is 2. The molecule has 0 aromatic heterocycles. The monoisotopic (exact) mass is 384 g/mol. The van der Waals surface area contributed by atoms with Gasteiger partial charge < -0.3 is 9.47 Å². The smallest absolute Gasteiger partial charge is 0.306 e. The Bertz CT molecular complexity index is 354. The Morgan fingerprint density at radius 1 is 0.667 bits per heavy atom. The summed E-state index contributed by atoms with van der Waals surface area (Å²) in [5.41, 5.74) is 0. The molecule has 0 heterocycles. The summed E-state index contributed by atoms with van der Waals surface area (Å²) < 4.78 is 10.4. The minimum absolute atomic E-state index is 0.0354. The zero-order chi connectivity index (χ0) is 20.2. The first kappa shape index (κ1) is 25.9. The van der Waals surface area contributed by atoms with E-state index in [9.17, 15) is 9.59 Å². The fraction of sp³-hybridized carbons (Fsp3) is 0.913. The van der Waals surface area contributed by atoms with Crippen molar-refractivity contribution < 1.29 is 19.1 Å². The highest BCUT2D eigenvalue weighted by atomic mass is 16.5. The second-order valence-corrected chi connectivity index (χ2v) is 7.82. The molecule has 0 rings (SSSR count). The normalized spacial score (nSPS) is 12.0. The maximum atomic E-state index is 11.6. The van der Waals surface area contributed by atoms with Crippen LogP contribution in [-0.4, -0.2) is 25.2 Å². The molecule has 0 N–H and O–H groups in total. The van der Waals surface area contributed by atoms with Gasteiger partial charge in [0.2, 0.25) is 0 Å². The van der Waals surface area contributed by atoms with Gasteiger partial charge in [-0.3, -0.25) is 9.59 Å². The van der Waals surface area contributed by atoms with Gasteiger partial charge >= 0.3 is 11.9 Å². The zero-order valence-corrected chi connectivity index (χ0v) is 18.2. The van der Waals surface area contributed by atoms with Crippen LogP contribution in [0.2, 0.25) is 0 Å². The molecule has 160 valence electrons. The number of ether oxygens (including phenoxy) is 2. The van der Waals surface area contributed by atoms with Crippen molar-refractivity contribution in [3.63, 3.8) is 0 Å². The molecule has 0 spiro atoms. The van der Waals surface area contributed by atoms with Crippen molar-refractivity contribution >= 4 is 11.9 Å². The fourth-order valence-electron chi connectivity index (χ4n) is 3.00. The Balaban J connectivity index is 3.32. The van der Waals surface area contributed by atoms with E-state index in [1.807, 2.05) is 0 Å². The van der Waals surface area contributed by atoms with E-state index in [0.29, 0.717) is 32.0 Å². The van der Waals surface area contributed by atoms with Gasteiger partial charge in [-0.1, -0.05) is 85.0 Å². The van der Waals surface area contributed by atoms with Gasteiger partial charge in [0.15, 0.2) is 0 Å². The molecule has 1 unspecified atom stereocenters. The van der Waals surface area contributed by atoms with E-state index in [1.54, 1.807) is 0 Å².